The Kier molecular flexibility index (Phi) is 8.13. The second-order valence-electron chi connectivity index (χ2n) is 8.71. The number of para-hydroxylation sites is 2. The number of hydrogen-bond donors (Lipinski definition) is 1. The number of carbonyl (C=O) groups is 2. The Balaban J connectivity index is 1.48. The van der Waals surface area contributed by atoms with Gasteiger partial charge in [0.05, 0.1) is 18.3 Å². The Morgan fingerprint density at radius 3 is 2.53 bits per heavy atom. The molecule has 0 spiro atoms. The first-order valence-electron chi connectivity index (χ1n) is 12.0. The predicted octanol–water partition coefficient (Wildman–Crippen LogP) is 5.34. The molecule has 3 aromatic rings. The van der Waals surface area contributed by atoms with Crippen molar-refractivity contribution in [3.05, 3.63) is 101 Å². The standard InChI is InChI=1S/C29H29FN2O4/c1-20(2)35-17-7-16-31-28(33)22-14-12-21(13-15-22)18-27-29(34)32(19-23-8-3-4-9-24(23)30)25-10-5-6-11-26(25)36-27/h3-6,8-15,18,20H,7,16-17,19H2,1-2H3,(H,31,33)/b27-18-. The number of nitrogens with zero attached hydrogens (tertiary/aromatic N) is 1. The van der Waals surface area contributed by atoms with Gasteiger partial charge in [0.15, 0.2) is 11.5 Å². The minimum atomic E-state index is -0.374. The maximum Gasteiger partial charge on any atom is 0.294 e. The summed E-state index contributed by atoms with van der Waals surface area (Å²) in [5.74, 6) is -0.290. The van der Waals surface area contributed by atoms with Crippen molar-refractivity contribution in [3.8, 4) is 5.75 Å². The average molecular weight is 489 g/mol. The van der Waals surface area contributed by atoms with Crippen LogP contribution in [0, 0.1) is 5.82 Å². The maximum atomic E-state index is 14.3. The lowest BCUT2D eigenvalue weighted by molar-refractivity contribution is -0.117. The van der Waals surface area contributed by atoms with Crippen molar-refractivity contribution < 1.29 is 23.5 Å². The van der Waals surface area contributed by atoms with Gasteiger partial charge in [-0.3, -0.25) is 14.5 Å². The van der Waals surface area contributed by atoms with Gasteiger partial charge in [-0.1, -0.05) is 42.5 Å². The van der Waals surface area contributed by atoms with Gasteiger partial charge >= 0.3 is 0 Å². The molecule has 0 saturated carbocycles. The fourth-order valence-corrected chi connectivity index (χ4v) is 3.79. The van der Waals surface area contributed by atoms with Crippen molar-refractivity contribution in [1.82, 2.24) is 5.32 Å². The highest BCUT2D eigenvalue weighted by molar-refractivity contribution is 6.09. The lowest BCUT2D eigenvalue weighted by atomic mass is 10.1. The van der Waals surface area contributed by atoms with E-state index in [1.54, 1.807) is 66.7 Å². The lowest BCUT2D eigenvalue weighted by Gasteiger charge is -2.30. The third-order valence-corrected chi connectivity index (χ3v) is 5.65. The predicted molar refractivity (Wildman–Crippen MR) is 137 cm³/mol. The first-order chi connectivity index (χ1) is 17.4. The molecule has 4 rings (SSSR count). The van der Waals surface area contributed by atoms with E-state index in [-0.39, 0.29) is 36.0 Å². The van der Waals surface area contributed by atoms with Gasteiger partial charge in [-0.15, -0.1) is 0 Å². The van der Waals surface area contributed by atoms with Gasteiger partial charge in [0.1, 0.15) is 5.82 Å². The minimum Gasteiger partial charge on any atom is -0.449 e. The van der Waals surface area contributed by atoms with E-state index in [0.29, 0.717) is 41.3 Å². The monoisotopic (exact) mass is 488 g/mol. The molecule has 36 heavy (non-hydrogen) atoms. The molecule has 0 fully saturated rings. The van der Waals surface area contributed by atoms with Crippen LogP contribution < -0.4 is 15.0 Å². The van der Waals surface area contributed by atoms with Crippen molar-refractivity contribution >= 4 is 23.6 Å². The number of hydrogen-bond acceptors (Lipinski definition) is 4. The highest BCUT2D eigenvalue weighted by Gasteiger charge is 2.30. The van der Waals surface area contributed by atoms with E-state index in [0.717, 1.165) is 6.42 Å². The van der Waals surface area contributed by atoms with Crippen molar-refractivity contribution in [2.45, 2.75) is 32.9 Å². The first kappa shape index (κ1) is 25.1. The Hall–Kier alpha value is -3.97. The molecule has 6 nitrogen and oxygen atoms in total. The lowest BCUT2D eigenvalue weighted by Crippen LogP contribution is -2.37. The maximum absolute atomic E-state index is 14.3. The van der Waals surface area contributed by atoms with Gasteiger partial charge in [0, 0.05) is 24.3 Å². The van der Waals surface area contributed by atoms with Gasteiger partial charge < -0.3 is 14.8 Å². The van der Waals surface area contributed by atoms with Crippen LogP contribution in [0.3, 0.4) is 0 Å². The summed E-state index contributed by atoms with van der Waals surface area (Å²) < 4.78 is 25.7. The summed E-state index contributed by atoms with van der Waals surface area (Å²) in [7, 11) is 0. The smallest absolute Gasteiger partial charge is 0.294 e. The van der Waals surface area contributed by atoms with Crippen LogP contribution in [0.5, 0.6) is 5.75 Å². The molecule has 186 valence electrons. The van der Waals surface area contributed by atoms with E-state index >= 15 is 0 Å². The van der Waals surface area contributed by atoms with Crippen LogP contribution in [-0.2, 0) is 16.1 Å². The highest BCUT2D eigenvalue weighted by atomic mass is 19.1. The van der Waals surface area contributed by atoms with Crippen molar-refractivity contribution in [1.29, 1.82) is 0 Å². The molecule has 0 unspecified atom stereocenters. The van der Waals surface area contributed by atoms with Crippen LogP contribution in [0.4, 0.5) is 10.1 Å². The molecule has 1 heterocycles. The number of amides is 2. The molecular formula is C29H29FN2O4. The van der Waals surface area contributed by atoms with Crippen LogP contribution in [-0.4, -0.2) is 31.1 Å². The quantitative estimate of drug-likeness (QED) is 0.326. The highest BCUT2D eigenvalue weighted by Crippen LogP contribution is 2.36. The molecular weight excluding hydrogens is 459 g/mol. The molecule has 0 saturated heterocycles. The summed E-state index contributed by atoms with van der Waals surface area (Å²) in [6, 6.07) is 20.4. The van der Waals surface area contributed by atoms with E-state index < -0.39 is 0 Å². The van der Waals surface area contributed by atoms with E-state index in [2.05, 4.69) is 5.32 Å². The molecule has 0 radical (unpaired) electrons. The Morgan fingerprint density at radius 1 is 1.06 bits per heavy atom. The number of nitrogens with one attached hydrogen (secondary N) is 1. The molecule has 7 heteroatoms. The van der Waals surface area contributed by atoms with Crippen molar-refractivity contribution in [3.63, 3.8) is 0 Å². The molecule has 1 aliphatic heterocycles. The summed E-state index contributed by atoms with van der Waals surface area (Å²) in [6.45, 7) is 5.14. The summed E-state index contributed by atoms with van der Waals surface area (Å²) in [5.41, 5.74) is 2.21. The molecule has 0 atom stereocenters. The van der Waals surface area contributed by atoms with Crippen LogP contribution in [0.1, 0.15) is 41.8 Å². The number of carbonyl (C=O) groups excluding carboxylic acids is 2. The SMILES string of the molecule is CC(C)OCCCNC(=O)c1ccc(/C=C2\Oc3ccccc3N(Cc3ccccc3F)C2=O)cc1. The van der Waals surface area contributed by atoms with Gasteiger partial charge in [-0.05, 0) is 62.2 Å². The molecule has 0 bridgehead atoms. The first-order valence-corrected chi connectivity index (χ1v) is 12.0. The van der Waals surface area contributed by atoms with Crippen LogP contribution in [0.2, 0.25) is 0 Å². The number of benzene rings is 3. The molecule has 1 N–H and O–H groups in total. The van der Waals surface area contributed by atoms with E-state index in [1.807, 2.05) is 19.9 Å². The zero-order chi connectivity index (χ0) is 25.5. The molecule has 2 amide bonds. The van der Waals surface area contributed by atoms with Crippen LogP contribution >= 0.6 is 0 Å². The topological polar surface area (TPSA) is 67.9 Å². The van der Waals surface area contributed by atoms with E-state index in [9.17, 15) is 14.0 Å². The Labute approximate surface area is 210 Å². The summed E-state index contributed by atoms with van der Waals surface area (Å²) in [6.07, 6.45) is 2.53. The van der Waals surface area contributed by atoms with Crippen LogP contribution in [0.15, 0.2) is 78.6 Å². The van der Waals surface area contributed by atoms with Crippen LogP contribution in [0.25, 0.3) is 6.08 Å². The molecule has 0 aromatic heterocycles. The Bertz CT molecular complexity index is 1250. The van der Waals surface area contributed by atoms with Crippen molar-refractivity contribution in [2.24, 2.45) is 0 Å². The van der Waals surface area contributed by atoms with E-state index in [1.165, 1.54) is 11.0 Å². The van der Waals surface area contributed by atoms with Gasteiger partial charge in [-0.2, -0.15) is 0 Å². The normalized spacial score (nSPS) is 14.1. The minimum absolute atomic E-state index is 0.0739. The fraction of sp³-hybridized carbons (Fsp3) is 0.241. The van der Waals surface area contributed by atoms with E-state index in [4.69, 9.17) is 9.47 Å². The third kappa shape index (κ3) is 6.17. The molecule has 1 aliphatic rings. The fourth-order valence-electron chi connectivity index (χ4n) is 3.79. The second kappa shape index (κ2) is 11.6. The number of rotatable bonds is 9. The number of ether oxygens (including phenoxy) is 2. The number of anilines is 1. The zero-order valence-corrected chi connectivity index (χ0v) is 20.4. The molecule has 0 aliphatic carbocycles. The summed E-state index contributed by atoms with van der Waals surface area (Å²) >= 11 is 0. The van der Waals surface area contributed by atoms with Gasteiger partial charge in [-0.25, -0.2) is 4.39 Å². The summed E-state index contributed by atoms with van der Waals surface area (Å²) in [4.78, 5) is 27.2. The average Bonchev–Trinajstić information content (AvgIpc) is 2.87. The molecule has 3 aromatic carbocycles. The van der Waals surface area contributed by atoms with Gasteiger partial charge in [0.25, 0.3) is 11.8 Å². The zero-order valence-electron chi connectivity index (χ0n) is 20.4. The number of halogens is 1. The largest absolute Gasteiger partial charge is 0.449 e. The Morgan fingerprint density at radius 2 is 1.78 bits per heavy atom. The third-order valence-electron chi connectivity index (χ3n) is 5.65. The van der Waals surface area contributed by atoms with Gasteiger partial charge in [0.2, 0.25) is 0 Å². The second-order valence-corrected chi connectivity index (χ2v) is 8.71. The summed E-state index contributed by atoms with van der Waals surface area (Å²) in [5, 5.41) is 2.87. The van der Waals surface area contributed by atoms with Crippen molar-refractivity contribution in [2.75, 3.05) is 18.1 Å². The number of fused-ring (bicyclic) bond motifs is 1.